The van der Waals surface area contributed by atoms with Gasteiger partial charge in [0, 0.05) is 5.56 Å². The molecule has 4 rings (SSSR count). The van der Waals surface area contributed by atoms with E-state index in [0.717, 1.165) is 12.8 Å². The summed E-state index contributed by atoms with van der Waals surface area (Å²) in [7, 11) is 0. The van der Waals surface area contributed by atoms with E-state index in [1.807, 2.05) is 4.57 Å². The average molecular weight is 314 g/mol. The van der Waals surface area contributed by atoms with Crippen molar-refractivity contribution in [2.24, 2.45) is 0 Å². The number of nitrogens with zero attached hydrogens (tertiary/aromatic N) is 4. The summed E-state index contributed by atoms with van der Waals surface area (Å²) in [5, 5.41) is 9.20. The predicted octanol–water partition coefficient (Wildman–Crippen LogP) is 2.30. The summed E-state index contributed by atoms with van der Waals surface area (Å²) in [4.78, 5) is 12.9. The van der Waals surface area contributed by atoms with Crippen molar-refractivity contribution in [3.05, 3.63) is 42.7 Å². The minimum absolute atomic E-state index is 0.00660. The number of hydrogen-bond acceptors (Lipinski definition) is 5. The van der Waals surface area contributed by atoms with Crippen molar-refractivity contribution in [3.8, 4) is 11.3 Å². The van der Waals surface area contributed by atoms with Crippen LogP contribution in [-0.4, -0.2) is 37.3 Å². The Kier molecular flexibility index (Phi) is 3.51. The highest BCUT2D eigenvalue weighted by Gasteiger charge is 2.27. The molecule has 1 saturated heterocycles. The van der Waals surface area contributed by atoms with Gasteiger partial charge >= 0.3 is 0 Å². The molecule has 3 aromatic rings. The van der Waals surface area contributed by atoms with E-state index in [1.54, 1.807) is 18.5 Å². The molecule has 0 bridgehead atoms. The van der Waals surface area contributed by atoms with Gasteiger partial charge in [-0.3, -0.25) is 4.57 Å². The third-order valence-electron chi connectivity index (χ3n) is 4.06. The molecule has 0 aliphatic carbocycles. The van der Waals surface area contributed by atoms with Crippen molar-refractivity contribution in [1.82, 2.24) is 19.5 Å². The number of fused-ring (bicyclic) bond motifs is 1. The molecule has 6 nitrogen and oxygen atoms in total. The lowest BCUT2D eigenvalue weighted by Gasteiger charge is -2.13. The zero-order chi connectivity index (χ0) is 15.8. The third-order valence-corrected chi connectivity index (χ3v) is 4.06. The van der Waals surface area contributed by atoms with Crippen molar-refractivity contribution in [3.63, 3.8) is 0 Å². The maximum atomic E-state index is 13.5. The molecule has 1 aliphatic heterocycles. The minimum Gasteiger partial charge on any atom is -0.394 e. The van der Waals surface area contributed by atoms with Crippen LogP contribution in [0.4, 0.5) is 4.39 Å². The minimum atomic E-state index is -0.321. The van der Waals surface area contributed by atoms with Crippen LogP contribution in [0.15, 0.2) is 36.9 Å². The largest absolute Gasteiger partial charge is 0.394 e. The first-order chi connectivity index (χ1) is 11.3. The smallest absolute Gasteiger partial charge is 0.165 e. The van der Waals surface area contributed by atoms with Gasteiger partial charge in [-0.1, -0.05) is 12.1 Å². The number of hydrogen-bond donors (Lipinski definition) is 1. The number of ether oxygens (including phenoxy) is 1. The van der Waals surface area contributed by atoms with Gasteiger partial charge < -0.3 is 9.84 Å². The molecular formula is C16H15FN4O2. The zero-order valence-electron chi connectivity index (χ0n) is 12.3. The summed E-state index contributed by atoms with van der Waals surface area (Å²) >= 11 is 0. The highest BCUT2D eigenvalue weighted by molar-refractivity contribution is 5.87. The summed E-state index contributed by atoms with van der Waals surface area (Å²) in [6, 6.07) is 6.25. The Morgan fingerprint density at radius 3 is 2.96 bits per heavy atom. The van der Waals surface area contributed by atoms with Gasteiger partial charge in [-0.05, 0) is 25.0 Å². The van der Waals surface area contributed by atoms with Gasteiger partial charge in [0.15, 0.2) is 5.65 Å². The Morgan fingerprint density at radius 1 is 1.26 bits per heavy atom. The van der Waals surface area contributed by atoms with Crippen molar-refractivity contribution < 1.29 is 14.2 Å². The molecule has 1 fully saturated rings. The number of imidazole rings is 1. The molecule has 0 radical (unpaired) electrons. The molecule has 3 heterocycles. The fourth-order valence-electron chi connectivity index (χ4n) is 2.94. The van der Waals surface area contributed by atoms with E-state index in [-0.39, 0.29) is 24.8 Å². The van der Waals surface area contributed by atoms with Gasteiger partial charge in [0.1, 0.15) is 29.6 Å². The predicted molar refractivity (Wildman–Crippen MR) is 80.9 cm³/mol. The molecule has 0 spiro atoms. The number of rotatable bonds is 3. The van der Waals surface area contributed by atoms with Gasteiger partial charge in [-0.15, -0.1) is 0 Å². The fraction of sp³-hybridized carbons (Fsp3) is 0.312. The van der Waals surface area contributed by atoms with Gasteiger partial charge in [0.2, 0.25) is 0 Å². The topological polar surface area (TPSA) is 73.1 Å². The molecule has 1 aromatic carbocycles. The second kappa shape index (κ2) is 5.68. The molecule has 0 amide bonds. The van der Waals surface area contributed by atoms with Crippen molar-refractivity contribution in [2.45, 2.75) is 25.2 Å². The molecule has 2 unspecified atom stereocenters. The Labute approximate surface area is 131 Å². The first-order valence-corrected chi connectivity index (χ1v) is 7.46. The molecule has 7 heteroatoms. The Bertz CT molecular complexity index is 851. The van der Waals surface area contributed by atoms with E-state index in [1.165, 1.54) is 18.5 Å². The molecule has 2 aromatic heterocycles. The van der Waals surface area contributed by atoms with Crippen molar-refractivity contribution >= 4 is 11.2 Å². The summed E-state index contributed by atoms with van der Waals surface area (Å²) in [6.07, 6.45) is 4.33. The van der Waals surface area contributed by atoms with Crippen LogP contribution in [0.2, 0.25) is 0 Å². The van der Waals surface area contributed by atoms with E-state index in [0.29, 0.717) is 22.4 Å². The maximum absolute atomic E-state index is 13.5. The molecular weight excluding hydrogens is 299 g/mol. The lowest BCUT2D eigenvalue weighted by molar-refractivity contribution is -0.0207. The Hall–Kier alpha value is -2.38. The molecule has 118 valence electrons. The Balaban J connectivity index is 1.78. The fourth-order valence-corrected chi connectivity index (χ4v) is 2.94. The van der Waals surface area contributed by atoms with Gasteiger partial charge in [-0.25, -0.2) is 19.3 Å². The third kappa shape index (κ3) is 2.47. The highest BCUT2D eigenvalue weighted by atomic mass is 19.1. The van der Waals surface area contributed by atoms with Gasteiger partial charge in [-0.2, -0.15) is 0 Å². The van der Waals surface area contributed by atoms with E-state index in [9.17, 15) is 9.50 Å². The average Bonchev–Trinajstić information content (AvgIpc) is 3.20. The van der Waals surface area contributed by atoms with Crippen LogP contribution >= 0.6 is 0 Å². The van der Waals surface area contributed by atoms with Crippen LogP contribution in [0.25, 0.3) is 22.4 Å². The number of halogens is 1. The quantitative estimate of drug-likeness (QED) is 0.803. The van der Waals surface area contributed by atoms with Gasteiger partial charge in [0.05, 0.1) is 19.0 Å². The van der Waals surface area contributed by atoms with E-state index >= 15 is 0 Å². The lowest BCUT2D eigenvalue weighted by atomic mass is 10.1. The lowest BCUT2D eigenvalue weighted by Crippen LogP contribution is -2.14. The molecule has 23 heavy (non-hydrogen) atoms. The number of aromatic nitrogens is 4. The van der Waals surface area contributed by atoms with Crippen LogP contribution in [0.3, 0.4) is 0 Å². The summed E-state index contributed by atoms with van der Waals surface area (Å²) < 4.78 is 21.1. The van der Waals surface area contributed by atoms with Crippen molar-refractivity contribution in [1.29, 1.82) is 0 Å². The normalized spacial score (nSPS) is 21.1. The molecule has 1 N–H and O–H groups in total. The monoisotopic (exact) mass is 314 g/mol. The van der Waals surface area contributed by atoms with E-state index in [2.05, 4.69) is 15.0 Å². The molecule has 1 aliphatic rings. The summed E-state index contributed by atoms with van der Waals surface area (Å²) in [6.45, 7) is 0.00660. The molecule has 2 atom stereocenters. The van der Waals surface area contributed by atoms with Crippen LogP contribution in [0.1, 0.15) is 19.1 Å². The Morgan fingerprint density at radius 2 is 2.17 bits per heavy atom. The standard InChI is InChI=1S/C16H15FN4O2/c17-11-3-1-2-10(6-11)14-15-16(19-8-18-14)21(9-20-15)13-5-4-12(7-22)23-13/h1-3,6,8-9,12-13,22H,4-5,7H2. The SMILES string of the molecule is OCC1CCC(n2cnc3c(-c4cccc(F)c4)ncnc32)O1. The van der Waals surface area contributed by atoms with E-state index < -0.39 is 0 Å². The second-order valence-electron chi connectivity index (χ2n) is 5.53. The second-order valence-corrected chi connectivity index (χ2v) is 5.53. The van der Waals surface area contributed by atoms with Crippen LogP contribution in [-0.2, 0) is 4.74 Å². The number of benzene rings is 1. The van der Waals surface area contributed by atoms with Gasteiger partial charge in [0.25, 0.3) is 0 Å². The van der Waals surface area contributed by atoms with Crippen molar-refractivity contribution in [2.75, 3.05) is 6.61 Å². The van der Waals surface area contributed by atoms with E-state index in [4.69, 9.17) is 4.74 Å². The number of aliphatic hydroxyl groups is 1. The van der Waals surface area contributed by atoms with Crippen LogP contribution in [0, 0.1) is 5.82 Å². The van der Waals surface area contributed by atoms with Crippen LogP contribution in [0.5, 0.6) is 0 Å². The summed E-state index contributed by atoms with van der Waals surface area (Å²) in [5.74, 6) is -0.321. The first kappa shape index (κ1) is 14.2. The number of aliphatic hydroxyl groups excluding tert-OH is 1. The highest BCUT2D eigenvalue weighted by Crippen LogP contribution is 2.32. The molecule has 0 saturated carbocycles. The zero-order valence-corrected chi connectivity index (χ0v) is 12.3. The first-order valence-electron chi connectivity index (χ1n) is 7.46. The summed E-state index contributed by atoms with van der Waals surface area (Å²) in [5.41, 5.74) is 2.49. The maximum Gasteiger partial charge on any atom is 0.165 e. The van der Waals surface area contributed by atoms with Crippen LogP contribution < -0.4 is 0 Å².